The number of carbonyl (C=O) groups is 1. The minimum Gasteiger partial charge on any atom is -0.355 e. The highest BCUT2D eigenvalue weighted by Crippen LogP contribution is 2.09. The van der Waals surface area contributed by atoms with Gasteiger partial charge in [0.1, 0.15) is 0 Å². The lowest BCUT2D eigenvalue weighted by atomic mass is 10.0. The number of benzene rings is 1. The predicted molar refractivity (Wildman–Crippen MR) is 88.5 cm³/mol. The van der Waals surface area contributed by atoms with Gasteiger partial charge in [-0.3, -0.25) is 4.79 Å². The SMILES string of the molecule is CNC(=O)c1ccc(CNCC(CC(C)C)N(C)C)cc1. The van der Waals surface area contributed by atoms with Gasteiger partial charge in [-0.25, -0.2) is 0 Å². The van der Waals surface area contributed by atoms with E-state index in [4.69, 9.17) is 0 Å². The molecule has 1 rings (SSSR count). The molecule has 118 valence electrons. The van der Waals surface area contributed by atoms with Crippen molar-refractivity contribution in [1.82, 2.24) is 15.5 Å². The van der Waals surface area contributed by atoms with E-state index in [0.717, 1.165) is 13.1 Å². The van der Waals surface area contributed by atoms with Gasteiger partial charge in [-0.1, -0.05) is 26.0 Å². The summed E-state index contributed by atoms with van der Waals surface area (Å²) in [5.74, 6) is 0.658. The maximum absolute atomic E-state index is 11.5. The van der Waals surface area contributed by atoms with E-state index in [9.17, 15) is 4.79 Å². The molecule has 1 aromatic carbocycles. The maximum atomic E-state index is 11.5. The van der Waals surface area contributed by atoms with E-state index in [0.29, 0.717) is 17.5 Å². The van der Waals surface area contributed by atoms with E-state index in [-0.39, 0.29) is 5.91 Å². The lowest BCUT2D eigenvalue weighted by Gasteiger charge is -2.26. The van der Waals surface area contributed by atoms with Gasteiger partial charge < -0.3 is 15.5 Å². The van der Waals surface area contributed by atoms with Crippen molar-refractivity contribution in [2.75, 3.05) is 27.7 Å². The molecule has 0 saturated heterocycles. The molecule has 0 aliphatic heterocycles. The highest BCUT2D eigenvalue weighted by atomic mass is 16.1. The standard InChI is InChI=1S/C17H29N3O/c1-13(2)10-16(20(4)5)12-19-11-14-6-8-15(9-7-14)17(21)18-3/h6-9,13,16,19H,10-12H2,1-5H3,(H,18,21). The summed E-state index contributed by atoms with van der Waals surface area (Å²) in [7, 11) is 5.91. The van der Waals surface area contributed by atoms with Crippen LogP contribution in [0.4, 0.5) is 0 Å². The van der Waals surface area contributed by atoms with Crippen LogP contribution in [0.25, 0.3) is 0 Å². The van der Waals surface area contributed by atoms with E-state index in [1.165, 1.54) is 12.0 Å². The molecule has 2 N–H and O–H groups in total. The highest BCUT2D eigenvalue weighted by molar-refractivity contribution is 5.93. The first-order chi connectivity index (χ1) is 9.93. The number of likely N-dealkylation sites (N-methyl/N-ethyl adjacent to an activating group) is 1. The Morgan fingerprint density at radius 2 is 1.81 bits per heavy atom. The van der Waals surface area contributed by atoms with Gasteiger partial charge >= 0.3 is 0 Å². The van der Waals surface area contributed by atoms with Gasteiger partial charge in [-0.15, -0.1) is 0 Å². The second-order valence-electron chi connectivity index (χ2n) is 6.15. The second kappa shape index (κ2) is 8.80. The fourth-order valence-corrected chi connectivity index (χ4v) is 2.32. The Morgan fingerprint density at radius 1 is 1.19 bits per heavy atom. The van der Waals surface area contributed by atoms with Crippen LogP contribution in [0.15, 0.2) is 24.3 Å². The summed E-state index contributed by atoms with van der Waals surface area (Å²) in [4.78, 5) is 13.8. The summed E-state index contributed by atoms with van der Waals surface area (Å²) in [5, 5.41) is 6.14. The van der Waals surface area contributed by atoms with Gasteiger partial charge in [0.15, 0.2) is 0 Å². The Balaban J connectivity index is 2.45. The van der Waals surface area contributed by atoms with Crippen LogP contribution in [0.5, 0.6) is 0 Å². The Labute approximate surface area is 128 Å². The molecule has 1 aromatic rings. The first kappa shape index (κ1) is 17.7. The summed E-state index contributed by atoms with van der Waals surface area (Å²) >= 11 is 0. The third kappa shape index (κ3) is 6.27. The molecule has 0 aromatic heterocycles. The van der Waals surface area contributed by atoms with E-state index >= 15 is 0 Å². The number of nitrogens with zero attached hydrogens (tertiary/aromatic N) is 1. The lowest BCUT2D eigenvalue weighted by Crippen LogP contribution is -2.38. The van der Waals surface area contributed by atoms with Crippen molar-refractivity contribution in [1.29, 1.82) is 0 Å². The average Bonchev–Trinajstić information content (AvgIpc) is 2.45. The zero-order chi connectivity index (χ0) is 15.8. The molecule has 4 nitrogen and oxygen atoms in total. The van der Waals surface area contributed by atoms with Crippen LogP contribution in [-0.2, 0) is 6.54 Å². The number of hydrogen-bond acceptors (Lipinski definition) is 3. The quantitative estimate of drug-likeness (QED) is 0.771. The topological polar surface area (TPSA) is 44.4 Å². The molecule has 0 radical (unpaired) electrons. The van der Waals surface area contributed by atoms with Crippen molar-refractivity contribution in [3.8, 4) is 0 Å². The van der Waals surface area contributed by atoms with Crippen molar-refractivity contribution < 1.29 is 4.79 Å². The van der Waals surface area contributed by atoms with Gasteiger partial charge in [0.05, 0.1) is 0 Å². The molecule has 0 heterocycles. The zero-order valence-electron chi connectivity index (χ0n) is 13.9. The van der Waals surface area contributed by atoms with Gasteiger partial charge in [0, 0.05) is 31.7 Å². The van der Waals surface area contributed by atoms with Gasteiger partial charge in [0.25, 0.3) is 5.91 Å². The first-order valence-corrected chi connectivity index (χ1v) is 7.62. The van der Waals surface area contributed by atoms with E-state index in [2.05, 4.69) is 43.5 Å². The van der Waals surface area contributed by atoms with Gasteiger partial charge in [-0.05, 0) is 44.1 Å². The molecular formula is C17H29N3O. The van der Waals surface area contributed by atoms with Crippen LogP contribution in [0, 0.1) is 5.92 Å². The van der Waals surface area contributed by atoms with Crippen molar-refractivity contribution >= 4 is 5.91 Å². The molecule has 0 bridgehead atoms. The third-order valence-corrected chi connectivity index (χ3v) is 3.63. The predicted octanol–water partition coefficient (Wildman–Crippen LogP) is 2.11. The maximum Gasteiger partial charge on any atom is 0.251 e. The fraction of sp³-hybridized carbons (Fsp3) is 0.588. The van der Waals surface area contributed by atoms with Crippen LogP contribution in [0.1, 0.15) is 36.2 Å². The molecule has 0 aliphatic carbocycles. The summed E-state index contributed by atoms with van der Waals surface area (Å²) in [6.45, 7) is 6.32. The largest absolute Gasteiger partial charge is 0.355 e. The minimum atomic E-state index is -0.0425. The van der Waals surface area contributed by atoms with E-state index < -0.39 is 0 Å². The molecule has 1 unspecified atom stereocenters. The Bertz CT molecular complexity index is 426. The molecular weight excluding hydrogens is 262 g/mol. The van der Waals surface area contributed by atoms with Crippen LogP contribution >= 0.6 is 0 Å². The smallest absolute Gasteiger partial charge is 0.251 e. The third-order valence-electron chi connectivity index (χ3n) is 3.63. The first-order valence-electron chi connectivity index (χ1n) is 7.62. The molecule has 21 heavy (non-hydrogen) atoms. The molecule has 4 heteroatoms. The Hall–Kier alpha value is -1.39. The minimum absolute atomic E-state index is 0.0425. The van der Waals surface area contributed by atoms with Crippen molar-refractivity contribution in [2.45, 2.75) is 32.9 Å². The van der Waals surface area contributed by atoms with E-state index in [1.807, 2.05) is 24.3 Å². The zero-order valence-corrected chi connectivity index (χ0v) is 13.9. The average molecular weight is 291 g/mol. The summed E-state index contributed by atoms with van der Waals surface area (Å²) in [5.41, 5.74) is 1.90. The van der Waals surface area contributed by atoms with Gasteiger partial charge in [0.2, 0.25) is 0 Å². The molecule has 0 saturated carbocycles. The number of nitrogens with one attached hydrogen (secondary N) is 2. The summed E-state index contributed by atoms with van der Waals surface area (Å²) < 4.78 is 0. The number of hydrogen-bond donors (Lipinski definition) is 2. The van der Waals surface area contributed by atoms with Crippen molar-refractivity contribution in [3.05, 3.63) is 35.4 Å². The number of rotatable bonds is 8. The second-order valence-corrected chi connectivity index (χ2v) is 6.15. The van der Waals surface area contributed by atoms with Crippen molar-refractivity contribution in [3.63, 3.8) is 0 Å². The Kier molecular flexibility index (Phi) is 7.40. The highest BCUT2D eigenvalue weighted by Gasteiger charge is 2.12. The Morgan fingerprint density at radius 3 is 2.29 bits per heavy atom. The normalized spacial score (nSPS) is 12.7. The molecule has 0 fully saturated rings. The molecule has 1 amide bonds. The summed E-state index contributed by atoms with van der Waals surface area (Å²) in [6, 6.07) is 8.30. The number of amides is 1. The van der Waals surface area contributed by atoms with Crippen LogP contribution in [0.3, 0.4) is 0 Å². The van der Waals surface area contributed by atoms with E-state index in [1.54, 1.807) is 7.05 Å². The summed E-state index contributed by atoms with van der Waals surface area (Å²) in [6.07, 6.45) is 1.19. The number of carbonyl (C=O) groups excluding carboxylic acids is 1. The molecule has 0 aliphatic rings. The van der Waals surface area contributed by atoms with Gasteiger partial charge in [-0.2, -0.15) is 0 Å². The molecule has 1 atom stereocenters. The fourth-order valence-electron chi connectivity index (χ4n) is 2.32. The van der Waals surface area contributed by atoms with Crippen molar-refractivity contribution in [2.24, 2.45) is 5.92 Å². The van der Waals surface area contributed by atoms with Crippen LogP contribution in [0.2, 0.25) is 0 Å². The monoisotopic (exact) mass is 291 g/mol. The molecule has 0 spiro atoms. The lowest BCUT2D eigenvalue weighted by molar-refractivity contribution is 0.0963. The van der Waals surface area contributed by atoms with Crippen LogP contribution < -0.4 is 10.6 Å². The van der Waals surface area contributed by atoms with Crippen LogP contribution in [-0.4, -0.2) is 44.5 Å².